The molecule has 0 radical (unpaired) electrons. The second-order valence-electron chi connectivity index (χ2n) is 4.97. The number of benzene rings is 2. The summed E-state index contributed by atoms with van der Waals surface area (Å²) in [6, 6.07) is 13.3. The third kappa shape index (κ3) is 3.38. The average molecular weight is 343 g/mol. The Hall–Kier alpha value is -2.87. The van der Waals surface area contributed by atoms with E-state index in [0.717, 1.165) is 11.8 Å². The van der Waals surface area contributed by atoms with Crippen LogP contribution in [0.15, 0.2) is 58.2 Å². The Kier molecular flexibility index (Phi) is 4.48. The minimum atomic E-state index is -0.534. The number of carbonyl (C=O) groups is 1. The normalized spacial score (nSPS) is 12.0. The van der Waals surface area contributed by atoms with E-state index < -0.39 is 10.2 Å². The number of amides is 1. The lowest BCUT2D eigenvalue weighted by Gasteiger charge is -2.10. The first-order chi connectivity index (χ1) is 11.5. The fourth-order valence-electron chi connectivity index (χ4n) is 2.08. The zero-order chi connectivity index (χ0) is 17.1. The van der Waals surface area contributed by atoms with Gasteiger partial charge in [0.05, 0.1) is 10.2 Å². The number of anilines is 1. The molecule has 24 heavy (non-hydrogen) atoms. The topological polar surface area (TPSA) is 98.3 Å². The number of hydrogen-bond donors (Lipinski definition) is 1. The van der Waals surface area contributed by atoms with Gasteiger partial charge in [-0.3, -0.25) is 14.9 Å². The Labute approximate surface area is 141 Å². The van der Waals surface area contributed by atoms with E-state index in [2.05, 4.69) is 10.3 Å². The number of nitrogens with one attached hydrogen (secondary N) is 1. The molecule has 1 heterocycles. The van der Waals surface area contributed by atoms with Gasteiger partial charge in [0.15, 0.2) is 5.58 Å². The van der Waals surface area contributed by atoms with Gasteiger partial charge in [0.2, 0.25) is 5.91 Å². The molecular weight excluding hydrogens is 330 g/mol. The fraction of sp³-hybridized carbons (Fsp3) is 0.125. The molecule has 1 atom stereocenters. The first kappa shape index (κ1) is 16.0. The highest BCUT2D eigenvalue weighted by atomic mass is 32.2. The summed E-state index contributed by atoms with van der Waals surface area (Å²) in [5, 5.41) is 13.4. The van der Waals surface area contributed by atoms with E-state index in [0.29, 0.717) is 16.3 Å². The van der Waals surface area contributed by atoms with Crippen molar-refractivity contribution in [2.45, 2.75) is 17.4 Å². The van der Waals surface area contributed by atoms with E-state index in [1.165, 1.54) is 12.1 Å². The van der Waals surface area contributed by atoms with Crippen molar-refractivity contribution in [3.8, 4) is 0 Å². The number of aromatic nitrogens is 1. The molecule has 1 N–H and O–H groups in total. The molecule has 0 spiro atoms. The number of nitro groups is 1. The lowest BCUT2D eigenvalue weighted by molar-refractivity contribution is -0.383. The first-order valence-corrected chi connectivity index (χ1v) is 7.99. The number of hydrogen-bond acceptors (Lipinski definition) is 6. The van der Waals surface area contributed by atoms with E-state index in [4.69, 9.17) is 4.42 Å². The van der Waals surface area contributed by atoms with Crippen LogP contribution in [0.25, 0.3) is 11.1 Å². The van der Waals surface area contributed by atoms with Crippen LogP contribution in [0.3, 0.4) is 0 Å². The van der Waals surface area contributed by atoms with Gasteiger partial charge in [-0.15, -0.1) is 0 Å². The van der Waals surface area contributed by atoms with Gasteiger partial charge < -0.3 is 9.73 Å². The summed E-state index contributed by atoms with van der Waals surface area (Å²) in [7, 11) is 0. The average Bonchev–Trinajstić information content (AvgIpc) is 2.97. The van der Waals surface area contributed by atoms with E-state index in [1.54, 1.807) is 25.1 Å². The number of rotatable bonds is 5. The molecular formula is C16H13N3O4S. The highest BCUT2D eigenvalue weighted by molar-refractivity contribution is 8.00. The van der Waals surface area contributed by atoms with Crippen LogP contribution in [0.5, 0.6) is 0 Å². The molecule has 0 aliphatic carbocycles. The molecule has 3 aromatic rings. The van der Waals surface area contributed by atoms with E-state index in [9.17, 15) is 14.9 Å². The molecule has 122 valence electrons. The molecule has 0 aliphatic heterocycles. The lowest BCUT2D eigenvalue weighted by Crippen LogP contribution is -2.22. The van der Waals surface area contributed by atoms with Crippen LogP contribution < -0.4 is 5.32 Å². The van der Waals surface area contributed by atoms with Gasteiger partial charge in [-0.25, -0.2) is 4.98 Å². The Morgan fingerprint density at radius 2 is 1.96 bits per heavy atom. The second kappa shape index (κ2) is 6.71. The largest absolute Gasteiger partial charge is 0.431 e. The molecule has 1 aromatic heterocycles. The third-order valence-corrected chi connectivity index (χ3v) is 4.22. The van der Waals surface area contributed by atoms with Crippen LogP contribution in [-0.4, -0.2) is 21.1 Å². The van der Waals surface area contributed by atoms with Crippen molar-refractivity contribution in [2.75, 3.05) is 5.32 Å². The number of nitro benzene ring substituents is 1. The van der Waals surface area contributed by atoms with E-state index in [-0.39, 0.29) is 17.3 Å². The molecule has 0 unspecified atom stereocenters. The first-order valence-electron chi connectivity index (χ1n) is 7.11. The fourth-order valence-corrected chi connectivity index (χ4v) is 2.84. The van der Waals surface area contributed by atoms with E-state index >= 15 is 0 Å². The van der Waals surface area contributed by atoms with Crippen molar-refractivity contribution < 1.29 is 14.1 Å². The molecule has 3 rings (SSSR count). The minimum Gasteiger partial charge on any atom is -0.431 e. The van der Waals surface area contributed by atoms with Gasteiger partial charge in [-0.2, -0.15) is 0 Å². The van der Waals surface area contributed by atoms with Crippen molar-refractivity contribution in [2.24, 2.45) is 0 Å². The third-order valence-electron chi connectivity index (χ3n) is 3.28. The van der Waals surface area contributed by atoms with Crippen LogP contribution in [0, 0.1) is 10.1 Å². The Morgan fingerprint density at radius 3 is 2.71 bits per heavy atom. The maximum atomic E-state index is 12.3. The van der Waals surface area contributed by atoms with Crippen molar-refractivity contribution in [1.29, 1.82) is 0 Å². The molecule has 0 aliphatic rings. The van der Waals surface area contributed by atoms with Crippen molar-refractivity contribution in [3.05, 3.63) is 58.6 Å². The molecule has 0 bridgehead atoms. The Morgan fingerprint density at radius 1 is 1.25 bits per heavy atom. The molecule has 0 saturated carbocycles. The van der Waals surface area contributed by atoms with Crippen LogP contribution in [0.4, 0.5) is 11.4 Å². The molecule has 1 amide bonds. The van der Waals surface area contributed by atoms with Gasteiger partial charge in [0.1, 0.15) is 11.2 Å². The number of oxazole rings is 1. The predicted octanol–water partition coefficient (Wildman–Crippen LogP) is 3.86. The molecule has 7 nitrogen and oxygen atoms in total. The van der Waals surface area contributed by atoms with Gasteiger partial charge >= 0.3 is 0 Å². The smallest absolute Gasteiger partial charge is 0.292 e. The van der Waals surface area contributed by atoms with Gasteiger partial charge in [-0.1, -0.05) is 36.0 Å². The zero-order valence-corrected chi connectivity index (χ0v) is 13.4. The number of fused-ring (bicyclic) bond motifs is 1. The van der Waals surface area contributed by atoms with Crippen molar-refractivity contribution in [1.82, 2.24) is 4.98 Å². The van der Waals surface area contributed by atoms with Crippen molar-refractivity contribution >= 4 is 40.1 Å². The molecule has 8 heteroatoms. The van der Waals surface area contributed by atoms with Crippen LogP contribution >= 0.6 is 11.8 Å². The monoisotopic (exact) mass is 343 g/mol. The van der Waals surface area contributed by atoms with Crippen molar-refractivity contribution in [3.63, 3.8) is 0 Å². The molecule has 0 saturated heterocycles. The maximum absolute atomic E-state index is 12.3. The summed E-state index contributed by atoms with van der Waals surface area (Å²) in [6.45, 7) is 1.68. The number of para-hydroxylation sites is 4. The van der Waals surface area contributed by atoms with Gasteiger partial charge in [-0.05, 0) is 25.1 Å². The number of nitrogens with zero attached hydrogens (tertiary/aromatic N) is 2. The maximum Gasteiger partial charge on any atom is 0.292 e. The van der Waals surface area contributed by atoms with E-state index in [1.807, 2.05) is 18.2 Å². The van der Waals surface area contributed by atoms with Gasteiger partial charge in [0.25, 0.3) is 10.9 Å². The quantitative estimate of drug-likeness (QED) is 0.429. The summed E-state index contributed by atoms with van der Waals surface area (Å²) in [5.74, 6) is -0.364. The minimum absolute atomic E-state index is 0.148. The highest BCUT2D eigenvalue weighted by Gasteiger charge is 2.21. The Bertz CT molecular complexity index is 876. The number of carbonyl (C=O) groups excluding carboxylic acids is 1. The van der Waals surface area contributed by atoms with Gasteiger partial charge in [0, 0.05) is 6.07 Å². The van der Waals surface area contributed by atoms with Crippen LogP contribution in [-0.2, 0) is 4.79 Å². The second-order valence-corrected chi connectivity index (χ2v) is 6.26. The Balaban J connectivity index is 1.72. The molecule has 0 fully saturated rings. The van der Waals surface area contributed by atoms with Crippen LogP contribution in [0.1, 0.15) is 6.92 Å². The number of thioether (sulfide) groups is 1. The predicted molar refractivity (Wildman–Crippen MR) is 91.1 cm³/mol. The summed E-state index contributed by atoms with van der Waals surface area (Å²) < 4.78 is 5.56. The molecule has 2 aromatic carbocycles. The van der Waals surface area contributed by atoms with Crippen LogP contribution in [0.2, 0.25) is 0 Å². The SMILES string of the molecule is C[C@H](Sc1nc2ccccc2o1)C(=O)Nc1ccccc1[N+](=O)[O-]. The summed E-state index contributed by atoms with van der Waals surface area (Å²) >= 11 is 1.15. The highest BCUT2D eigenvalue weighted by Crippen LogP contribution is 2.28. The standard InChI is InChI=1S/C16H13N3O4S/c1-10(24-16-18-12-7-3-5-9-14(12)23-16)15(20)17-11-6-2-4-8-13(11)19(21)22/h2-10H,1H3,(H,17,20)/t10-/m0/s1. The summed E-state index contributed by atoms with van der Waals surface area (Å²) in [6.07, 6.45) is 0. The summed E-state index contributed by atoms with van der Waals surface area (Å²) in [4.78, 5) is 27.0. The zero-order valence-electron chi connectivity index (χ0n) is 12.6. The summed E-state index contributed by atoms with van der Waals surface area (Å²) in [5.41, 5.74) is 1.38. The lowest BCUT2D eigenvalue weighted by atomic mass is 10.2.